The number of hydrogen-bond acceptors (Lipinski definition) is 6. The molecule has 0 aromatic heterocycles. The summed E-state index contributed by atoms with van der Waals surface area (Å²) < 4.78 is 23.0. The number of hydrogen-bond donors (Lipinski definition) is 0. The first kappa shape index (κ1) is 19.3. The van der Waals surface area contributed by atoms with Crippen molar-refractivity contribution in [3.63, 3.8) is 0 Å². The zero-order valence-corrected chi connectivity index (χ0v) is 17.7. The lowest BCUT2D eigenvalue weighted by molar-refractivity contribution is -0.0205. The molecule has 6 heteroatoms. The van der Waals surface area contributed by atoms with Gasteiger partial charge in [-0.2, -0.15) is 5.10 Å². The van der Waals surface area contributed by atoms with E-state index >= 15 is 0 Å². The highest BCUT2D eigenvalue weighted by Gasteiger charge is 2.42. The zero-order chi connectivity index (χ0) is 21.4. The highest BCUT2D eigenvalue weighted by Crippen LogP contribution is 2.49. The molecule has 6 nitrogen and oxygen atoms in total. The second kappa shape index (κ2) is 7.87. The van der Waals surface area contributed by atoms with Crippen LogP contribution in [0.4, 0.5) is 0 Å². The van der Waals surface area contributed by atoms with E-state index in [1.54, 1.807) is 21.3 Å². The fraction of sp³-hybridized carbons (Fsp3) is 0.240. The third-order valence-corrected chi connectivity index (χ3v) is 5.82. The Balaban J connectivity index is 1.60. The largest absolute Gasteiger partial charge is 0.497 e. The summed E-state index contributed by atoms with van der Waals surface area (Å²) in [5, 5.41) is 7.05. The maximum atomic E-state index is 6.46. The minimum Gasteiger partial charge on any atom is -0.497 e. The molecule has 0 fully saturated rings. The number of rotatable bonds is 5. The average molecular weight is 416 g/mol. The summed E-state index contributed by atoms with van der Waals surface area (Å²) in [6.45, 7) is 0. The molecule has 2 atom stereocenters. The fourth-order valence-electron chi connectivity index (χ4n) is 4.30. The van der Waals surface area contributed by atoms with Crippen molar-refractivity contribution in [2.75, 3.05) is 21.3 Å². The Morgan fingerprint density at radius 1 is 0.839 bits per heavy atom. The Morgan fingerprint density at radius 3 is 2.35 bits per heavy atom. The van der Waals surface area contributed by atoms with E-state index < -0.39 is 6.23 Å². The van der Waals surface area contributed by atoms with Crippen LogP contribution in [0.5, 0.6) is 23.0 Å². The molecule has 2 aliphatic rings. The van der Waals surface area contributed by atoms with Gasteiger partial charge in [-0.25, -0.2) is 5.01 Å². The van der Waals surface area contributed by atoms with Gasteiger partial charge in [-0.1, -0.05) is 24.3 Å². The molecule has 2 heterocycles. The SMILES string of the molecule is COc1ccc(C2=NN3C(C2)c2ccccc2OC3c2cccc(OC)c2OC)cc1. The molecule has 5 rings (SSSR count). The number of methoxy groups -OCH3 is 3. The first-order valence-electron chi connectivity index (χ1n) is 10.2. The van der Waals surface area contributed by atoms with E-state index in [1.165, 1.54) is 0 Å². The Kier molecular flexibility index (Phi) is 4.90. The normalized spacial score (nSPS) is 19.1. The zero-order valence-electron chi connectivity index (χ0n) is 17.7. The minimum absolute atomic E-state index is 0.0722. The molecule has 0 amide bonds. The van der Waals surface area contributed by atoms with Crippen molar-refractivity contribution in [1.29, 1.82) is 0 Å². The maximum Gasteiger partial charge on any atom is 0.217 e. The number of ether oxygens (including phenoxy) is 4. The molecule has 0 N–H and O–H groups in total. The number of para-hydroxylation sites is 2. The Morgan fingerprint density at radius 2 is 1.61 bits per heavy atom. The molecule has 0 bridgehead atoms. The number of nitrogens with zero attached hydrogens (tertiary/aromatic N) is 2. The molecule has 158 valence electrons. The molecule has 31 heavy (non-hydrogen) atoms. The molecule has 2 unspecified atom stereocenters. The van der Waals surface area contributed by atoms with Gasteiger partial charge >= 0.3 is 0 Å². The summed E-state index contributed by atoms with van der Waals surface area (Å²) >= 11 is 0. The van der Waals surface area contributed by atoms with Crippen LogP contribution >= 0.6 is 0 Å². The van der Waals surface area contributed by atoms with Crippen LogP contribution in [0, 0.1) is 0 Å². The number of hydrazone groups is 1. The molecular formula is C25H24N2O4. The summed E-state index contributed by atoms with van der Waals surface area (Å²) in [5.74, 6) is 3.01. The van der Waals surface area contributed by atoms with Gasteiger partial charge in [-0.15, -0.1) is 0 Å². The Hall–Kier alpha value is -3.67. The molecule has 0 saturated carbocycles. The van der Waals surface area contributed by atoms with E-state index in [4.69, 9.17) is 24.0 Å². The van der Waals surface area contributed by atoms with Crippen molar-refractivity contribution in [3.8, 4) is 23.0 Å². The van der Waals surface area contributed by atoms with Crippen molar-refractivity contribution in [3.05, 3.63) is 83.4 Å². The lowest BCUT2D eigenvalue weighted by atomic mass is 9.95. The predicted octanol–water partition coefficient (Wildman–Crippen LogP) is 4.95. The quantitative estimate of drug-likeness (QED) is 0.589. The first-order valence-corrected chi connectivity index (χ1v) is 10.2. The van der Waals surface area contributed by atoms with E-state index in [1.807, 2.05) is 65.7 Å². The van der Waals surface area contributed by atoms with Gasteiger partial charge in [0.25, 0.3) is 0 Å². The van der Waals surface area contributed by atoms with Gasteiger partial charge in [0, 0.05) is 12.0 Å². The van der Waals surface area contributed by atoms with Crippen LogP contribution in [0.25, 0.3) is 0 Å². The summed E-state index contributed by atoms with van der Waals surface area (Å²) in [6, 6.07) is 22.1. The summed E-state index contributed by atoms with van der Waals surface area (Å²) in [6.07, 6.45) is 0.357. The van der Waals surface area contributed by atoms with Crippen LogP contribution in [0.3, 0.4) is 0 Å². The van der Waals surface area contributed by atoms with Crippen LogP contribution in [-0.4, -0.2) is 32.0 Å². The second-order valence-electron chi connectivity index (χ2n) is 7.47. The standard InChI is InChI=1S/C25H24N2O4/c1-28-17-13-11-16(12-14-17)20-15-21-18-7-4-5-9-22(18)31-25(27(21)26-20)19-8-6-10-23(29-2)24(19)30-3/h4-14,21,25H,15H2,1-3H3. The Labute approximate surface area is 181 Å². The van der Waals surface area contributed by atoms with Crippen LogP contribution in [0.15, 0.2) is 71.8 Å². The lowest BCUT2D eigenvalue weighted by Crippen LogP contribution is -2.34. The van der Waals surface area contributed by atoms with Crippen LogP contribution in [0.2, 0.25) is 0 Å². The molecule has 3 aromatic carbocycles. The van der Waals surface area contributed by atoms with Gasteiger partial charge < -0.3 is 18.9 Å². The summed E-state index contributed by atoms with van der Waals surface area (Å²) in [7, 11) is 4.95. The van der Waals surface area contributed by atoms with E-state index in [0.717, 1.165) is 40.3 Å². The van der Waals surface area contributed by atoms with Crippen molar-refractivity contribution >= 4 is 5.71 Å². The number of fused-ring (bicyclic) bond motifs is 3. The van der Waals surface area contributed by atoms with Gasteiger partial charge in [0.2, 0.25) is 6.23 Å². The van der Waals surface area contributed by atoms with Gasteiger partial charge in [0.15, 0.2) is 11.5 Å². The molecule has 3 aromatic rings. The summed E-state index contributed by atoms with van der Waals surface area (Å²) in [5.41, 5.74) is 4.10. The van der Waals surface area contributed by atoms with Gasteiger partial charge in [0.1, 0.15) is 11.5 Å². The molecule has 2 aliphatic heterocycles. The summed E-state index contributed by atoms with van der Waals surface area (Å²) in [4.78, 5) is 0. The van der Waals surface area contributed by atoms with Crippen molar-refractivity contribution in [1.82, 2.24) is 5.01 Å². The number of benzene rings is 3. The van der Waals surface area contributed by atoms with Crippen molar-refractivity contribution < 1.29 is 18.9 Å². The molecule has 0 radical (unpaired) electrons. The van der Waals surface area contributed by atoms with E-state index in [-0.39, 0.29) is 6.04 Å². The lowest BCUT2D eigenvalue weighted by Gasteiger charge is -2.38. The Bertz CT molecular complexity index is 1130. The highest BCUT2D eigenvalue weighted by atomic mass is 16.5. The minimum atomic E-state index is -0.430. The van der Waals surface area contributed by atoms with Crippen LogP contribution in [-0.2, 0) is 0 Å². The van der Waals surface area contributed by atoms with Crippen LogP contribution in [0.1, 0.15) is 35.4 Å². The third kappa shape index (κ3) is 3.24. The predicted molar refractivity (Wildman–Crippen MR) is 118 cm³/mol. The van der Waals surface area contributed by atoms with Gasteiger partial charge in [-0.05, 0) is 48.0 Å². The maximum absolute atomic E-state index is 6.46. The molecule has 0 spiro atoms. The first-order chi connectivity index (χ1) is 15.2. The second-order valence-corrected chi connectivity index (χ2v) is 7.47. The topological polar surface area (TPSA) is 52.5 Å². The van der Waals surface area contributed by atoms with Crippen LogP contribution < -0.4 is 18.9 Å². The third-order valence-electron chi connectivity index (χ3n) is 5.82. The van der Waals surface area contributed by atoms with E-state index in [2.05, 4.69) is 6.07 Å². The monoisotopic (exact) mass is 416 g/mol. The molecule has 0 aliphatic carbocycles. The molecule has 0 saturated heterocycles. The average Bonchev–Trinajstić information content (AvgIpc) is 3.29. The van der Waals surface area contributed by atoms with Gasteiger partial charge in [0.05, 0.1) is 38.6 Å². The van der Waals surface area contributed by atoms with Gasteiger partial charge in [-0.3, -0.25) is 0 Å². The molecular weight excluding hydrogens is 392 g/mol. The van der Waals surface area contributed by atoms with Crippen molar-refractivity contribution in [2.45, 2.75) is 18.7 Å². The smallest absolute Gasteiger partial charge is 0.217 e. The van der Waals surface area contributed by atoms with Crippen molar-refractivity contribution in [2.24, 2.45) is 5.10 Å². The van der Waals surface area contributed by atoms with E-state index in [9.17, 15) is 0 Å². The highest BCUT2D eigenvalue weighted by molar-refractivity contribution is 6.02. The van der Waals surface area contributed by atoms with E-state index in [0.29, 0.717) is 11.5 Å². The fourth-order valence-corrected chi connectivity index (χ4v) is 4.30.